The lowest BCUT2D eigenvalue weighted by atomic mass is 10.1. The average Bonchev–Trinajstić information content (AvgIpc) is 2.60. The quantitative estimate of drug-likeness (QED) is 0.474. The SMILES string of the molecule is CCC(C)CN(C)CC(=O)N(C)CC(=O)N(C)CC(=O)N(C)CCCC(C)C. The van der Waals surface area contributed by atoms with E-state index in [4.69, 9.17) is 0 Å². The van der Waals surface area contributed by atoms with Gasteiger partial charge < -0.3 is 14.7 Å². The van der Waals surface area contributed by atoms with Crippen molar-refractivity contribution in [1.82, 2.24) is 19.6 Å². The van der Waals surface area contributed by atoms with E-state index >= 15 is 0 Å². The van der Waals surface area contributed by atoms with Crippen molar-refractivity contribution < 1.29 is 14.4 Å². The third-order valence-corrected chi connectivity index (χ3v) is 5.02. The van der Waals surface area contributed by atoms with Crippen LogP contribution in [-0.2, 0) is 14.4 Å². The number of rotatable bonds is 13. The average molecular weight is 399 g/mol. The molecule has 0 bridgehead atoms. The van der Waals surface area contributed by atoms with Crippen molar-refractivity contribution in [2.75, 3.05) is 60.9 Å². The highest BCUT2D eigenvalue weighted by Gasteiger charge is 2.20. The highest BCUT2D eigenvalue weighted by molar-refractivity contribution is 5.88. The summed E-state index contributed by atoms with van der Waals surface area (Å²) in [5.41, 5.74) is 0. The molecule has 0 aromatic heterocycles. The zero-order valence-corrected chi connectivity index (χ0v) is 19.3. The van der Waals surface area contributed by atoms with Crippen LogP contribution in [0.5, 0.6) is 0 Å². The van der Waals surface area contributed by atoms with Gasteiger partial charge in [0.2, 0.25) is 17.7 Å². The Kier molecular flexibility index (Phi) is 12.7. The van der Waals surface area contributed by atoms with E-state index in [1.165, 1.54) is 9.80 Å². The molecule has 1 unspecified atom stereocenters. The fourth-order valence-electron chi connectivity index (χ4n) is 2.76. The molecule has 0 heterocycles. The maximum atomic E-state index is 12.4. The number of hydrogen-bond donors (Lipinski definition) is 0. The van der Waals surface area contributed by atoms with Crippen LogP contribution in [0.3, 0.4) is 0 Å². The summed E-state index contributed by atoms with van der Waals surface area (Å²) in [4.78, 5) is 43.5. The van der Waals surface area contributed by atoms with Crippen molar-refractivity contribution in [2.24, 2.45) is 11.8 Å². The molecule has 0 radical (unpaired) electrons. The monoisotopic (exact) mass is 398 g/mol. The standard InChI is InChI=1S/C21H42N4O3/c1-9-18(4)13-22(5)14-19(26)24(7)16-21(28)25(8)15-20(27)23(6)12-10-11-17(2)3/h17-18H,9-16H2,1-8H3. The molecule has 0 aliphatic heterocycles. The fraction of sp³-hybridized carbons (Fsp3) is 0.857. The predicted octanol–water partition coefficient (Wildman–Crippen LogP) is 1.78. The Morgan fingerprint density at radius 2 is 1.21 bits per heavy atom. The number of likely N-dealkylation sites (N-methyl/N-ethyl adjacent to an activating group) is 4. The van der Waals surface area contributed by atoms with E-state index in [-0.39, 0.29) is 37.4 Å². The topological polar surface area (TPSA) is 64.2 Å². The van der Waals surface area contributed by atoms with Gasteiger partial charge in [0.15, 0.2) is 0 Å². The van der Waals surface area contributed by atoms with Gasteiger partial charge in [-0.05, 0) is 31.7 Å². The number of hydrogen-bond acceptors (Lipinski definition) is 4. The van der Waals surface area contributed by atoms with Crippen LogP contribution >= 0.6 is 0 Å². The summed E-state index contributed by atoms with van der Waals surface area (Å²) < 4.78 is 0. The maximum Gasteiger partial charge on any atom is 0.242 e. The molecule has 28 heavy (non-hydrogen) atoms. The number of amides is 3. The fourth-order valence-corrected chi connectivity index (χ4v) is 2.76. The van der Waals surface area contributed by atoms with Gasteiger partial charge in [-0.2, -0.15) is 0 Å². The molecule has 0 saturated heterocycles. The van der Waals surface area contributed by atoms with E-state index in [1.807, 2.05) is 11.9 Å². The molecule has 0 aromatic carbocycles. The molecule has 0 spiro atoms. The molecule has 0 aliphatic carbocycles. The molecule has 0 saturated carbocycles. The molecule has 1 atom stereocenters. The van der Waals surface area contributed by atoms with Crippen molar-refractivity contribution in [3.8, 4) is 0 Å². The van der Waals surface area contributed by atoms with Crippen molar-refractivity contribution in [2.45, 2.75) is 47.0 Å². The van der Waals surface area contributed by atoms with Crippen LogP contribution in [0.1, 0.15) is 47.0 Å². The summed E-state index contributed by atoms with van der Waals surface area (Å²) in [6.07, 6.45) is 3.10. The van der Waals surface area contributed by atoms with Crippen LogP contribution in [0.2, 0.25) is 0 Å². The maximum absolute atomic E-state index is 12.4. The van der Waals surface area contributed by atoms with E-state index in [0.717, 1.165) is 25.8 Å². The Hall–Kier alpha value is -1.63. The minimum Gasteiger partial charge on any atom is -0.344 e. The van der Waals surface area contributed by atoms with Gasteiger partial charge >= 0.3 is 0 Å². The lowest BCUT2D eigenvalue weighted by Gasteiger charge is -2.26. The second kappa shape index (κ2) is 13.5. The highest BCUT2D eigenvalue weighted by atomic mass is 16.2. The molecule has 0 aliphatic rings. The molecule has 0 fully saturated rings. The molecule has 7 nitrogen and oxygen atoms in total. The van der Waals surface area contributed by atoms with Crippen LogP contribution in [-0.4, -0.2) is 98.2 Å². The molecule has 0 aromatic rings. The zero-order chi connectivity index (χ0) is 21.9. The summed E-state index contributed by atoms with van der Waals surface area (Å²) >= 11 is 0. The molecular weight excluding hydrogens is 356 g/mol. The molecular formula is C21H42N4O3. The van der Waals surface area contributed by atoms with Crippen LogP contribution in [0, 0.1) is 11.8 Å². The Morgan fingerprint density at radius 1 is 0.750 bits per heavy atom. The summed E-state index contributed by atoms with van der Waals surface area (Å²) in [6, 6.07) is 0. The summed E-state index contributed by atoms with van der Waals surface area (Å²) in [5.74, 6) is 0.736. The first-order chi connectivity index (χ1) is 13.0. The van der Waals surface area contributed by atoms with Crippen molar-refractivity contribution >= 4 is 17.7 Å². The Balaban J connectivity index is 4.36. The van der Waals surface area contributed by atoms with E-state index in [1.54, 1.807) is 26.0 Å². The Bertz CT molecular complexity index is 496. The van der Waals surface area contributed by atoms with Crippen LogP contribution in [0.25, 0.3) is 0 Å². The van der Waals surface area contributed by atoms with Crippen molar-refractivity contribution in [3.63, 3.8) is 0 Å². The van der Waals surface area contributed by atoms with Gasteiger partial charge in [0.25, 0.3) is 0 Å². The lowest BCUT2D eigenvalue weighted by molar-refractivity contribution is -0.142. The third kappa shape index (κ3) is 11.3. The lowest BCUT2D eigenvalue weighted by Crippen LogP contribution is -2.46. The first-order valence-electron chi connectivity index (χ1n) is 10.4. The smallest absolute Gasteiger partial charge is 0.242 e. The second-order valence-electron chi connectivity index (χ2n) is 8.56. The van der Waals surface area contributed by atoms with Crippen molar-refractivity contribution in [3.05, 3.63) is 0 Å². The molecule has 3 amide bonds. The Labute approximate surface area is 172 Å². The van der Waals surface area contributed by atoms with Crippen molar-refractivity contribution in [1.29, 1.82) is 0 Å². The molecule has 164 valence electrons. The zero-order valence-electron chi connectivity index (χ0n) is 19.3. The molecule has 0 N–H and O–H groups in total. The van der Waals surface area contributed by atoms with Gasteiger partial charge in [-0.15, -0.1) is 0 Å². The summed E-state index contributed by atoms with van der Waals surface area (Å²) in [6.45, 7) is 10.5. The first-order valence-corrected chi connectivity index (χ1v) is 10.4. The Morgan fingerprint density at radius 3 is 1.68 bits per heavy atom. The second-order valence-corrected chi connectivity index (χ2v) is 8.56. The van der Waals surface area contributed by atoms with Crippen LogP contribution < -0.4 is 0 Å². The van der Waals surface area contributed by atoms with Gasteiger partial charge in [-0.25, -0.2) is 0 Å². The van der Waals surface area contributed by atoms with Gasteiger partial charge in [0, 0.05) is 34.2 Å². The van der Waals surface area contributed by atoms with Crippen LogP contribution in [0.15, 0.2) is 0 Å². The third-order valence-electron chi connectivity index (χ3n) is 5.02. The van der Waals surface area contributed by atoms with Gasteiger partial charge in [0.05, 0.1) is 19.6 Å². The highest BCUT2D eigenvalue weighted by Crippen LogP contribution is 2.05. The van der Waals surface area contributed by atoms with E-state index in [2.05, 4.69) is 27.7 Å². The van der Waals surface area contributed by atoms with Gasteiger partial charge in [0.1, 0.15) is 0 Å². The number of carbonyl (C=O) groups is 3. The van der Waals surface area contributed by atoms with Gasteiger partial charge in [-0.1, -0.05) is 34.1 Å². The largest absolute Gasteiger partial charge is 0.344 e. The van der Waals surface area contributed by atoms with E-state index in [9.17, 15) is 14.4 Å². The van der Waals surface area contributed by atoms with E-state index < -0.39 is 0 Å². The number of carbonyl (C=O) groups excluding carboxylic acids is 3. The minimum atomic E-state index is -0.232. The first kappa shape index (κ1) is 26.4. The summed E-state index contributed by atoms with van der Waals surface area (Å²) in [5, 5.41) is 0. The van der Waals surface area contributed by atoms with Crippen LogP contribution in [0.4, 0.5) is 0 Å². The molecule has 7 heteroatoms. The predicted molar refractivity (Wildman–Crippen MR) is 114 cm³/mol. The minimum absolute atomic E-state index is 0.0170. The summed E-state index contributed by atoms with van der Waals surface area (Å²) in [7, 11) is 6.92. The number of nitrogens with zero attached hydrogens (tertiary/aromatic N) is 4. The normalized spacial score (nSPS) is 12.2. The molecule has 0 rings (SSSR count). The van der Waals surface area contributed by atoms with Gasteiger partial charge in [-0.3, -0.25) is 19.3 Å². The van der Waals surface area contributed by atoms with E-state index in [0.29, 0.717) is 18.4 Å².